The maximum absolute atomic E-state index is 11.5. The first-order valence-corrected chi connectivity index (χ1v) is 8.36. The summed E-state index contributed by atoms with van der Waals surface area (Å²) < 4.78 is 16.1. The second-order valence-electron chi connectivity index (χ2n) is 5.72. The van der Waals surface area contributed by atoms with Gasteiger partial charge in [-0.25, -0.2) is 5.01 Å². The first-order chi connectivity index (χ1) is 12.6. The van der Waals surface area contributed by atoms with E-state index in [2.05, 4.69) is 5.10 Å². The number of hydrazone groups is 1. The Bertz CT molecular complexity index is 811. The van der Waals surface area contributed by atoms with Crippen LogP contribution in [0.2, 0.25) is 5.02 Å². The van der Waals surface area contributed by atoms with E-state index in [1.54, 1.807) is 33.5 Å². The third kappa shape index (κ3) is 3.32. The zero-order chi connectivity index (χ0) is 18.7. The van der Waals surface area contributed by atoms with Crippen LogP contribution in [-0.2, 0) is 4.79 Å². The summed E-state index contributed by atoms with van der Waals surface area (Å²) in [6, 6.07) is 10.9. The molecule has 0 aliphatic carbocycles. The van der Waals surface area contributed by atoms with Gasteiger partial charge in [0.1, 0.15) is 0 Å². The highest BCUT2D eigenvalue weighted by molar-refractivity contribution is 6.30. The molecule has 1 heterocycles. The Morgan fingerprint density at radius 2 is 1.69 bits per heavy atom. The molecule has 0 saturated heterocycles. The SMILES string of the molecule is COc1cc(C2=NN(C=O)C(c3ccc(Cl)cc3)C2)cc(OC)c1OC. The molecule has 6 nitrogen and oxygen atoms in total. The van der Waals surface area contributed by atoms with Crippen molar-refractivity contribution < 1.29 is 19.0 Å². The fourth-order valence-electron chi connectivity index (χ4n) is 3.00. The number of carbonyl (C=O) groups excluding carboxylic acids is 1. The van der Waals surface area contributed by atoms with Crippen LogP contribution in [0.5, 0.6) is 17.2 Å². The van der Waals surface area contributed by atoms with Gasteiger partial charge >= 0.3 is 0 Å². The lowest BCUT2D eigenvalue weighted by Gasteiger charge is -2.17. The molecule has 7 heteroatoms. The molecule has 0 radical (unpaired) electrons. The van der Waals surface area contributed by atoms with E-state index in [4.69, 9.17) is 25.8 Å². The number of benzene rings is 2. The van der Waals surface area contributed by atoms with Gasteiger partial charge in [-0.05, 0) is 29.8 Å². The van der Waals surface area contributed by atoms with Crippen LogP contribution in [0.4, 0.5) is 0 Å². The maximum atomic E-state index is 11.5. The second kappa shape index (κ2) is 7.66. The average molecular weight is 375 g/mol. The Balaban J connectivity index is 1.97. The number of hydrogen-bond donors (Lipinski definition) is 0. The fraction of sp³-hybridized carbons (Fsp3) is 0.263. The number of halogens is 1. The summed E-state index contributed by atoms with van der Waals surface area (Å²) in [7, 11) is 4.68. The largest absolute Gasteiger partial charge is 0.493 e. The standard InChI is InChI=1S/C19H19ClN2O4/c1-24-17-8-13(9-18(25-2)19(17)26-3)15-10-16(22(11-23)21-15)12-4-6-14(20)7-5-12/h4-9,11,16H,10H2,1-3H3. The van der Waals surface area contributed by atoms with Crippen molar-refractivity contribution in [3.8, 4) is 17.2 Å². The highest BCUT2D eigenvalue weighted by Crippen LogP contribution is 2.40. The molecule has 2 aromatic carbocycles. The molecule has 1 unspecified atom stereocenters. The van der Waals surface area contributed by atoms with Crippen molar-refractivity contribution >= 4 is 23.7 Å². The van der Waals surface area contributed by atoms with Crippen molar-refractivity contribution in [1.29, 1.82) is 0 Å². The molecule has 2 aromatic rings. The van der Waals surface area contributed by atoms with Gasteiger partial charge in [-0.1, -0.05) is 23.7 Å². The van der Waals surface area contributed by atoms with Crippen molar-refractivity contribution in [2.75, 3.05) is 21.3 Å². The van der Waals surface area contributed by atoms with E-state index in [1.165, 1.54) is 5.01 Å². The highest BCUT2D eigenvalue weighted by Gasteiger charge is 2.29. The van der Waals surface area contributed by atoms with E-state index >= 15 is 0 Å². The quantitative estimate of drug-likeness (QED) is 0.724. The Morgan fingerprint density at radius 1 is 1.08 bits per heavy atom. The molecule has 0 aromatic heterocycles. The van der Waals surface area contributed by atoms with Crippen molar-refractivity contribution in [2.24, 2.45) is 5.10 Å². The lowest BCUT2D eigenvalue weighted by Crippen LogP contribution is -2.17. The number of ether oxygens (including phenoxy) is 3. The van der Waals surface area contributed by atoms with Crippen LogP contribution in [0.1, 0.15) is 23.6 Å². The van der Waals surface area contributed by atoms with E-state index < -0.39 is 0 Å². The molecule has 0 fully saturated rings. The van der Waals surface area contributed by atoms with Gasteiger partial charge in [0.25, 0.3) is 0 Å². The normalized spacial score (nSPS) is 16.2. The smallest absolute Gasteiger partial charge is 0.230 e. The molecule has 0 spiro atoms. The van der Waals surface area contributed by atoms with Crippen molar-refractivity contribution in [3.05, 3.63) is 52.5 Å². The summed E-state index contributed by atoms with van der Waals surface area (Å²) >= 11 is 5.96. The number of methoxy groups -OCH3 is 3. The molecule has 26 heavy (non-hydrogen) atoms. The van der Waals surface area contributed by atoms with Gasteiger partial charge in [-0.2, -0.15) is 5.10 Å². The molecule has 0 N–H and O–H groups in total. The van der Waals surface area contributed by atoms with Gasteiger partial charge < -0.3 is 14.2 Å². The Morgan fingerprint density at radius 3 is 2.19 bits per heavy atom. The third-order valence-corrected chi connectivity index (χ3v) is 4.55. The number of nitrogens with zero attached hydrogens (tertiary/aromatic N) is 2. The molecule has 1 amide bonds. The summed E-state index contributed by atoms with van der Waals surface area (Å²) in [6.45, 7) is 0. The molecule has 1 aliphatic heterocycles. The number of amides is 1. The van der Waals surface area contributed by atoms with E-state index in [0.717, 1.165) is 23.2 Å². The summed E-state index contributed by atoms with van der Waals surface area (Å²) in [6.07, 6.45) is 1.29. The van der Waals surface area contributed by atoms with Crippen LogP contribution in [0.15, 0.2) is 41.5 Å². The van der Waals surface area contributed by atoms with E-state index in [0.29, 0.717) is 28.7 Å². The van der Waals surface area contributed by atoms with E-state index in [-0.39, 0.29) is 6.04 Å². The van der Waals surface area contributed by atoms with Crippen molar-refractivity contribution in [1.82, 2.24) is 5.01 Å². The summed E-state index contributed by atoms with van der Waals surface area (Å²) in [5.74, 6) is 1.59. The van der Waals surface area contributed by atoms with Crippen LogP contribution < -0.4 is 14.2 Å². The lowest BCUT2D eigenvalue weighted by atomic mass is 9.98. The lowest BCUT2D eigenvalue weighted by molar-refractivity contribution is -0.119. The average Bonchev–Trinajstić information content (AvgIpc) is 3.11. The summed E-state index contributed by atoms with van der Waals surface area (Å²) in [5.41, 5.74) is 2.53. The van der Waals surface area contributed by atoms with Gasteiger partial charge in [-0.3, -0.25) is 4.79 Å². The molecule has 3 rings (SSSR count). The minimum Gasteiger partial charge on any atom is -0.493 e. The van der Waals surface area contributed by atoms with Gasteiger partial charge in [-0.15, -0.1) is 0 Å². The van der Waals surface area contributed by atoms with Crippen LogP contribution >= 0.6 is 11.6 Å². The predicted molar refractivity (Wildman–Crippen MR) is 99.3 cm³/mol. The topological polar surface area (TPSA) is 60.4 Å². The zero-order valence-electron chi connectivity index (χ0n) is 14.7. The van der Waals surface area contributed by atoms with E-state index in [1.807, 2.05) is 24.3 Å². The molecule has 1 atom stereocenters. The number of rotatable bonds is 6. The van der Waals surface area contributed by atoms with Crippen LogP contribution in [0, 0.1) is 0 Å². The molecular weight excluding hydrogens is 356 g/mol. The van der Waals surface area contributed by atoms with Gasteiger partial charge in [0.15, 0.2) is 11.5 Å². The zero-order valence-corrected chi connectivity index (χ0v) is 15.5. The Hall–Kier alpha value is -2.73. The third-order valence-electron chi connectivity index (χ3n) is 4.30. The highest BCUT2D eigenvalue weighted by atomic mass is 35.5. The molecule has 0 saturated carbocycles. The Kier molecular flexibility index (Phi) is 5.32. The van der Waals surface area contributed by atoms with Gasteiger partial charge in [0.2, 0.25) is 12.2 Å². The molecular formula is C19H19ClN2O4. The monoisotopic (exact) mass is 374 g/mol. The van der Waals surface area contributed by atoms with Crippen LogP contribution in [0.3, 0.4) is 0 Å². The Labute approximate surface area is 156 Å². The minimum absolute atomic E-state index is 0.182. The molecule has 0 bridgehead atoms. The molecule has 136 valence electrons. The summed E-state index contributed by atoms with van der Waals surface area (Å²) in [5, 5.41) is 6.53. The first-order valence-electron chi connectivity index (χ1n) is 7.98. The summed E-state index contributed by atoms with van der Waals surface area (Å²) in [4.78, 5) is 11.5. The van der Waals surface area contributed by atoms with Crippen LogP contribution in [-0.4, -0.2) is 38.5 Å². The van der Waals surface area contributed by atoms with Crippen molar-refractivity contribution in [3.63, 3.8) is 0 Å². The maximum Gasteiger partial charge on any atom is 0.230 e. The number of carbonyl (C=O) groups is 1. The second-order valence-corrected chi connectivity index (χ2v) is 6.15. The predicted octanol–water partition coefficient (Wildman–Crippen LogP) is 3.67. The molecule has 1 aliphatic rings. The number of hydrogen-bond acceptors (Lipinski definition) is 5. The van der Waals surface area contributed by atoms with Crippen molar-refractivity contribution in [2.45, 2.75) is 12.5 Å². The van der Waals surface area contributed by atoms with Crippen LogP contribution in [0.25, 0.3) is 0 Å². The minimum atomic E-state index is -0.182. The first kappa shape index (κ1) is 18.1. The van der Waals surface area contributed by atoms with E-state index in [9.17, 15) is 4.79 Å². The van der Waals surface area contributed by atoms with Gasteiger partial charge in [0, 0.05) is 17.0 Å². The fourth-order valence-corrected chi connectivity index (χ4v) is 3.13. The van der Waals surface area contributed by atoms with Gasteiger partial charge in [0.05, 0.1) is 33.1 Å².